The first-order valence-electron chi connectivity index (χ1n) is 6.32. The molecule has 0 radical (unpaired) electrons. The normalized spacial score (nSPS) is 14.3. The van der Waals surface area contributed by atoms with Gasteiger partial charge in [-0.3, -0.25) is 4.79 Å². The topological polar surface area (TPSA) is 33.5 Å². The quantitative estimate of drug-likeness (QED) is 0.787. The molecular weight excluding hydrogens is 245 g/mol. The molecule has 3 rings (SSSR count). The molecule has 4 heteroatoms. The van der Waals surface area contributed by atoms with Crippen LogP contribution >= 0.6 is 0 Å². The zero-order valence-electron chi connectivity index (χ0n) is 10.6. The lowest BCUT2D eigenvalue weighted by Gasteiger charge is -2.29. The van der Waals surface area contributed by atoms with Crippen molar-refractivity contribution >= 4 is 11.6 Å². The molecule has 0 aliphatic carbocycles. The summed E-state index contributed by atoms with van der Waals surface area (Å²) in [5.41, 5.74) is 2.05. The highest BCUT2D eigenvalue weighted by atomic mass is 19.1. The molecule has 0 unspecified atom stereocenters. The van der Waals surface area contributed by atoms with Crippen LogP contribution in [-0.2, 0) is 6.42 Å². The van der Waals surface area contributed by atoms with Gasteiger partial charge in [0, 0.05) is 12.1 Å². The van der Waals surface area contributed by atoms with Gasteiger partial charge < -0.3 is 9.32 Å². The number of fused-ring (bicyclic) bond motifs is 1. The summed E-state index contributed by atoms with van der Waals surface area (Å²) in [5, 5.41) is 0. The number of hydrogen-bond donors (Lipinski definition) is 0. The number of carbonyl (C=O) groups is 1. The van der Waals surface area contributed by atoms with Crippen LogP contribution in [0.1, 0.15) is 28.1 Å². The Hall–Kier alpha value is -2.10. The van der Waals surface area contributed by atoms with E-state index in [4.69, 9.17) is 4.42 Å². The third-order valence-electron chi connectivity index (χ3n) is 3.47. The maximum atomic E-state index is 14.0. The van der Waals surface area contributed by atoms with Crippen LogP contribution in [-0.4, -0.2) is 12.5 Å². The van der Waals surface area contributed by atoms with Crippen LogP contribution in [0.15, 0.2) is 34.9 Å². The number of benzene rings is 1. The number of para-hydroxylation sites is 1. The minimum atomic E-state index is -0.352. The Kier molecular flexibility index (Phi) is 2.85. The molecule has 0 fully saturated rings. The molecule has 0 N–H and O–H groups in total. The van der Waals surface area contributed by atoms with E-state index in [0.29, 0.717) is 12.2 Å². The molecule has 1 aromatic carbocycles. The smallest absolute Gasteiger partial charge is 0.294 e. The molecule has 0 atom stereocenters. The molecule has 1 amide bonds. The first kappa shape index (κ1) is 12.0. The van der Waals surface area contributed by atoms with E-state index in [9.17, 15) is 9.18 Å². The van der Waals surface area contributed by atoms with Crippen molar-refractivity contribution in [2.75, 3.05) is 11.4 Å². The summed E-state index contributed by atoms with van der Waals surface area (Å²) in [7, 11) is 0. The predicted molar refractivity (Wildman–Crippen MR) is 69.8 cm³/mol. The fourth-order valence-electron chi connectivity index (χ4n) is 2.52. The summed E-state index contributed by atoms with van der Waals surface area (Å²) in [6.07, 6.45) is 3.12. The summed E-state index contributed by atoms with van der Waals surface area (Å²) in [6.45, 7) is 2.33. The van der Waals surface area contributed by atoms with Crippen molar-refractivity contribution in [3.63, 3.8) is 0 Å². The molecule has 98 valence electrons. The highest BCUT2D eigenvalue weighted by Gasteiger charge is 2.28. The number of carbonyl (C=O) groups excluding carboxylic acids is 1. The third-order valence-corrected chi connectivity index (χ3v) is 3.47. The molecule has 1 aliphatic rings. The SMILES string of the molecule is Cc1ccoc1C(=O)N1CCCc2cccc(F)c21. The minimum absolute atomic E-state index is 0.270. The molecule has 0 saturated carbocycles. The number of halogens is 1. The van der Waals surface area contributed by atoms with Gasteiger partial charge in [0.25, 0.3) is 5.91 Å². The van der Waals surface area contributed by atoms with E-state index in [2.05, 4.69) is 0 Å². The molecule has 19 heavy (non-hydrogen) atoms. The molecule has 2 heterocycles. The summed E-state index contributed by atoms with van der Waals surface area (Å²) in [4.78, 5) is 13.9. The van der Waals surface area contributed by atoms with Crippen molar-refractivity contribution in [1.82, 2.24) is 0 Å². The van der Waals surface area contributed by atoms with Gasteiger partial charge in [0.15, 0.2) is 5.76 Å². The number of rotatable bonds is 1. The zero-order valence-corrected chi connectivity index (χ0v) is 10.6. The summed E-state index contributed by atoms with van der Waals surface area (Å²) in [5.74, 6) is -0.334. The highest BCUT2D eigenvalue weighted by molar-refractivity contribution is 6.05. The number of aryl methyl sites for hydroxylation is 2. The van der Waals surface area contributed by atoms with E-state index in [1.165, 1.54) is 17.2 Å². The van der Waals surface area contributed by atoms with Gasteiger partial charge in [0.2, 0.25) is 0 Å². The van der Waals surface area contributed by atoms with Crippen LogP contribution < -0.4 is 4.90 Å². The van der Waals surface area contributed by atoms with Gasteiger partial charge >= 0.3 is 0 Å². The Bertz CT molecular complexity index is 633. The van der Waals surface area contributed by atoms with Crippen LogP contribution in [0.25, 0.3) is 0 Å². The Morgan fingerprint density at radius 3 is 2.95 bits per heavy atom. The van der Waals surface area contributed by atoms with Crippen molar-refractivity contribution in [3.05, 3.63) is 53.2 Å². The average molecular weight is 259 g/mol. The van der Waals surface area contributed by atoms with Gasteiger partial charge in [-0.15, -0.1) is 0 Å². The van der Waals surface area contributed by atoms with Crippen molar-refractivity contribution < 1.29 is 13.6 Å². The van der Waals surface area contributed by atoms with Crippen LogP contribution in [0.2, 0.25) is 0 Å². The maximum absolute atomic E-state index is 14.0. The minimum Gasteiger partial charge on any atom is -0.459 e. The average Bonchev–Trinajstić information content (AvgIpc) is 2.84. The molecule has 1 aliphatic heterocycles. The number of hydrogen-bond acceptors (Lipinski definition) is 2. The molecule has 3 nitrogen and oxygen atoms in total. The maximum Gasteiger partial charge on any atom is 0.294 e. The lowest BCUT2D eigenvalue weighted by atomic mass is 10.0. The van der Waals surface area contributed by atoms with E-state index < -0.39 is 0 Å². The van der Waals surface area contributed by atoms with Crippen molar-refractivity contribution in [3.8, 4) is 0 Å². The summed E-state index contributed by atoms with van der Waals surface area (Å²) >= 11 is 0. The molecule has 0 spiro atoms. The Morgan fingerprint density at radius 1 is 1.37 bits per heavy atom. The lowest BCUT2D eigenvalue weighted by Crippen LogP contribution is -2.36. The summed E-state index contributed by atoms with van der Waals surface area (Å²) in [6, 6.07) is 6.67. The molecular formula is C15H14FNO2. The standard InChI is InChI=1S/C15H14FNO2/c1-10-7-9-19-14(10)15(18)17-8-3-5-11-4-2-6-12(16)13(11)17/h2,4,6-7,9H,3,5,8H2,1H3. The molecule has 0 bridgehead atoms. The van der Waals surface area contributed by atoms with Gasteiger partial charge in [-0.2, -0.15) is 0 Å². The fraction of sp³-hybridized carbons (Fsp3) is 0.267. The Balaban J connectivity index is 2.05. The third kappa shape index (κ3) is 1.93. The first-order chi connectivity index (χ1) is 9.18. The van der Waals surface area contributed by atoms with E-state index in [1.54, 1.807) is 12.1 Å². The molecule has 2 aromatic rings. The number of nitrogens with zero attached hydrogens (tertiary/aromatic N) is 1. The van der Waals surface area contributed by atoms with Crippen LogP contribution in [0.4, 0.5) is 10.1 Å². The second-order valence-corrected chi connectivity index (χ2v) is 4.74. The summed E-state index contributed by atoms with van der Waals surface area (Å²) < 4.78 is 19.2. The van der Waals surface area contributed by atoms with Crippen molar-refractivity contribution in [2.24, 2.45) is 0 Å². The second kappa shape index (κ2) is 4.53. The van der Waals surface area contributed by atoms with Gasteiger partial charge in [-0.05, 0) is 37.5 Å². The van der Waals surface area contributed by atoms with Gasteiger partial charge in [-0.25, -0.2) is 4.39 Å². The van der Waals surface area contributed by atoms with Crippen LogP contribution in [0, 0.1) is 12.7 Å². The fourth-order valence-corrected chi connectivity index (χ4v) is 2.52. The largest absolute Gasteiger partial charge is 0.459 e. The number of anilines is 1. The van der Waals surface area contributed by atoms with E-state index in [1.807, 2.05) is 13.0 Å². The van der Waals surface area contributed by atoms with E-state index in [-0.39, 0.29) is 17.5 Å². The number of furan rings is 1. The first-order valence-corrected chi connectivity index (χ1v) is 6.32. The predicted octanol–water partition coefficient (Wildman–Crippen LogP) is 3.32. The van der Waals surface area contributed by atoms with Crippen molar-refractivity contribution in [2.45, 2.75) is 19.8 Å². The van der Waals surface area contributed by atoms with Crippen molar-refractivity contribution in [1.29, 1.82) is 0 Å². The second-order valence-electron chi connectivity index (χ2n) is 4.74. The van der Waals surface area contributed by atoms with E-state index in [0.717, 1.165) is 24.0 Å². The lowest BCUT2D eigenvalue weighted by molar-refractivity contribution is 0.0956. The number of amides is 1. The monoisotopic (exact) mass is 259 g/mol. The van der Waals surface area contributed by atoms with Crippen LogP contribution in [0.5, 0.6) is 0 Å². The highest BCUT2D eigenvalue weighted by Crippen LogP contribution is 2.31. The van der Waals surface area contributed by atoms with Gasteiger partial charge in [0.1, 0.15) is 5.82 Å². The molecule has 0 saturated heterocycles. The van der Waals surface area contributed by atoms with E-state index >= 15 is 0 Å². The van der Waals surface area contributed by atoms with Gasteiger partial charge in [-0.1, -0.05) is 12.1 Å². The zero-order chi connectivity index (χ0) is 13.4. The van der Waals surface area contributed by atoms with Gasteiger partial charge in [0.05, 0.1) is 12.0 Å². The van der Waals surface area contributed by atoms with Crippen LogP contribution in [0.3, 0.4) is 0 Å². The Morgan fingerprint density at radius 2 is 2.21 bits per heavy atom. The molecule has 1 aromatic heterocycles. The Labute approximate surface area is 110 Å².